The van der Waals surface area contributed by atoms with Gasteiger partial charge in [0.1, 0.15) is 0 Å². The molecule has 0 bridgehead atoms. The van der Waals surface area contributed by atoms with E-state index in [9.17, 15) is 0 Å². The van der Waals surface area contributed by atoms with E-state index in [-0.39, 0.29) is 6.04 Å². The van der Waals surface area contributed by atoms with E-state index in [0.29, 0.717) is 6.54 Å². The smallest absolute Gasteiger partial charge is 0.0950 e. The quantitative estimate of drug-likeness (QED) is 0.674. The molecule has 1 heterocycles. The van der Waals surface area contributed by atoms with Crippen molar-refractivity contribution in [2.24, 2.45) is 11.7 Å². The molecular formula is C12H20N2O. The van der Waals surface area contributed by atoms with Crippen LogP contribution in [0.25, 0.3) is 0 Å². The highest BCUT2D eigenvalue weighted by Crippen LogP contribution is 2.33. The van der Waals surface area contributed by atoms with E-state index in [4.69, 9.17) is 10.2 Å². The van der Waals surface area contributed by atoms with Crippen LogP contribution in [0.5, 0.6) is 0 Å². The normalized spacial score (nSPS) is 17.9. The summed E-state index contributed by atoms with van der Waals surface area (Å²) in [4.78, 5) is 0. The first kappa shape index (κ1) is 10.7. The highest BCUT2D eigenvalue weighted by atomic mass is 16.3. The number of nitrogens with one attached hydrogen (secondary N) is 1. The van der Waals surface area contributed by atoms with Crippen LogP contribution in [0.3, 0.4) is 0 Å². The topological polar surface area (TPSA) is 51.2 Å². The molecule has 1 atom stereocenters. The third kappa shape index (κ3) is 3.36. The van der Waals surface area contributed by atoms with Crippen molar-refractivity contribution in [3.63, 3.8) is 0 Å². The van der Waals surface area contributed by atoms with Gasteiger partial charge in [0.15, 0.2) is 0 Å². The van der Waals surface area contributed by atoms with E-state index in [2.05, 4.69) is 5.32 Å². The average molecular weight is 208 g/mol. The molecule has 1 aromatic heterocycles. The fraction of sp³-hybridized carbons (Fsp3) is 0.667. The lowest BCUT2D eigenvalue weighted by atomic mass is 10.1. The van der Waals surface area contributed by atoms with Crippen LogP contribution in [0, 0.1) is 5.92 Å². The molecule has 84 valence electrons. The molecule has 0 aromatic carbocycles. The Balaban J connectivity index is 1.66. The summed E-state index contributed by atoms with van der Waals surface area (Å²) in [5.41, 5.74) is 6.87. The highest BCUT2D eigenvalue weighted by molar-refractivity contribution is 5.11. The second-order valence-electron chi connectivity index (χ2n) is 4.38. The first-order chi connectivity index (χ1) is 7.40. The predicted molar refractivity (Wildman–Crippen MR) is 60.5 cm³/mol. The van der Waals surface area contributed by atoms with Crippen molar-refractivity contribution >= 4 is 0 Å². The van der Waals surface area contributed by atoms with Gasteiger partial charge in [-0.3, -0.25) is 0 Å². The van der Waals surface area contributed by atoms with Gasteiger partial charge in [0, 0.05) is 18.2 Å². The maximum atomic E-state index is 5.71. The van der Waals surface area contributed by atoms with E-state index in [1.165, 1.54) is 25.7 Å². The number of hydrogen-bond acceptors (Lipinski definition) is 3. The van der Waals surface area contributed by atoms with E-state index < -0.39 is 0 Å². The van der Waals surface area contributed by atoms with Gasteiger partial charge in [0.25, 0.3) is 0 Å². The molecule has 2 rings (SSSR count). The summed E-state index contributed by atoms with van der Waals surface area (Å²) >= 11 is 0. The second kappa shape index (κ2) is 5.33. The molecule has 3 N–H and O–H groups in total. The summed E-state index contributed by atoms with van der Waals surface area (Å²) in [5.74, 6) is 1.03. The van der Waals surface area contributed by atoms with Crippen LogP contribution in [0.4, 0.5) is 0 Å². The van der Waals surface area contributed by atoms with Crippen LogP contribution in [0.1, 0.15) is 37.3 Å². The van der Waals surface area contributed by atoms with Crippen molar-refractivity contribution < 1.29 is 4.42 Å². The first-order valence-corrected chi connectivity index (χ1v) is 5.85. The molecule has 0 amide bonds. The van der Waals surface area contributed by atoms with Crippen molar-refractivity contribution in [2.45, 2.75) is 31.7 Å². The minimum atomic E-state index is 0.253. The zero-order chi connectivity index (χ0) is 10.5. The van der Waals surface area contributed by atoms with Gasteiger partial charge in [0.2, 0.25) is 0 Å². The Morgan fingerprint density at radius 2 is 2.40 bits per heavy atom. The molecule has 1 aliphatic rings. The van der Waals surface area contributed by atoms with Crippen LogP contribution < -0.4 is 11.1 Å². The average Bonchev–Trinajstić information content (AvgIpc) is 2.92. The fourth-order valence-electron chi connectivity index (χ4n) is 1.88. The molecule has 1 unspecified atom stereocenters. The Labute approximate surface area is 91.0 Å². The summed E-state index contributed by atoms with van der Waals surface area (Å²) in [7, 11) is 0. The van der Waals surface area contributed by atoms with Crippen LogP contribution in [-0.4, -0.2) is 13.1 Å². The Morgan fingerprint density at radius 1 is 1.53 bits per heavy atom. The highest BCUT2D eigenvalue weighted by Gasteiger charge is 2.20. The zero-order valence-corrected chi connectivity index (χ0v) is 9.11. The Hall–Kier alpha value is -0.800. The lowest BCUT2D eigenvalue weighted by Gasteiger charge is -2.14. The Bertz CT molecular complexity index is 267. The van der Waals surface area contributed by atoms with Gasteiger partial charge >= 0.3 is 0 Å². The third-order valence-electron chi connectivity index (χ3n) is 3.06. The molecule has 15 heavy (non-hydrogen) atoms. The second-order valence-corrected chi connectivity index (χ2v) is 4.38. The number of furan rings is 1. The third-order valence-corrected chi connectivity index (χ3v) is 3.06. The molecular weight excluding hydrogens is 188 g/mol. The minimum absolute atomic E-state index is 0.253. The number of rotatable bonds is 7. The van der Waals surface area contributed by atoms with Gasteiger partial charge in [-0.05, 0) is 31.4 Å². The monoisotopic (exact) mass is 208 g/mol. The molecule has 1 aromatic rings. The zero-order valence-electron chi connectivity index (χ0n) is 9.11. The van der Waals surface area contributed by atoms with E-state index in [1.807, 2.05) is 6.07 Å². The lowest BCUT2D eigenvalue weighted by molar-refractivity contribution is 0.501. The SMILES string of the molecule is NCC(NCCCC1CC1)c1ccoc1. The van der Waals surface area contributed by atoms with Gasteiger partial charge in [-0.15, -0.1) is 0 Å². The fourth-order valence-corrected chi connectivity index (χ4v) is 1.88. The summed E-state index contributed by atoms with van der Waals surface area (Å²) in [5, 5.41) is 3.47. The Morgan fingerprint density at radius 3 is 3.00 bits per heavy atom. The van der Waals surface area contributed by atoms with Crippen molar-refractivity contribution in [1.29, 1.82) is 0 Å². The predicted octanol–water partition coefficient (Wildman–Crippen LogP) is 2.06. The molecule has 0 radical (unpaired) electrons. The Kier molecular flexibility index (Phi) is 3.80. The van der Waals surface area contributed by atoms with Gasteiger partial charge < -0.3 is 15.5 Å². The molecule has 0 aliphatic heterocycles. The summed E-state index contributed by atoms with van der Waals surface area (Å²) in [6.45, 7) is 1.69. The van der Waals surface area contributed by atoms with E-state index >= 15 is 0 Å². The standard InChI is InChI=1S/C12H20N2O/c13-8-12(11-5-7-15-9-11)14-6-1-2-10-3-4-10/h5,7,9-10,12,14H,1-4,6,8,13H2. The summed E-state index contributed by atoms with van der Waals surface area (Å²) in [6, 6.07) is 2.23. The molecule has 0 saturated heterocycles. The van der Waals surface area contributed by atoms with Crippen LogP contribution in [0.2, 0.25) is 0 Å². The van der Waals surface area contributed by atoms with Crippen LogP contribution >= 0.6 is 0 Å². The lowest BCUT2D eigenvalue weighted by Crippen LogP contribution is -2.28. The molecule has 1 saturated carbocycles. The van der Waals surface area contributed by atoms with Crippen molar-refractivity contribution in [2.75, 3.05) is 13.1 Å². The number of nitrogens with two attached hydrogens (primary N) is 1. The van der Waals surface area contributed by atoms with Crippen LogP contribution in [-0.2, 0) is 0 Å². The maximum Gasteiger partial charge on any atom is 0.0950 e. The summed E-state index contributed by atoms with van der Waals surface area (Å²) < 4.78 is 5.06. The van der Waals surface area contributed by atoms with Gasteiger partial charge in [-0.25, -0.2) is 0 Å². The van der Waals surface area contributed by atoms with Gasteiger partial charge in [0.05, 0.1) is 12.5 Å². The van der Waals surface area contributed by atoms with Crippen molar-refractivity contribution in [3.8, 4) is 0 Å². The van der Waals surface area contributed by atoms with Gasteiger partial charge in [-0.2, -0.15) is 0 Å². The van der Waals surface area contributed by atoms with E-state index in [0.717, 1.165) is 18.0 Å². The van der Waals surface area contributed by atoms with Crippen LogP contribution in [0.15, 0.2) is 23.0 Å². The van der Waals surface area contributed by atoms with E-state index in [1.54, 1.807) is 12.5 Å². The molecule has 1 aliphatic carbocycles. The van der Waals surface area contributed by atoms with Crippen molar-refractivity contribution in [3.05, 3.63) is 24.2 Å². The molecule has 1 fully saturated rings. The van der Waals surface area contributed by atoms with Gasteiger partial charge in [-0.1, -0.05) is 12.8 Å². The molecule has 3 nitrogen and oxygen atoms in total. The molecule has 0 spiro atoms. The first-order valence-electron chi connectivity index (χ1n) is 5.85. The molecule has 3 heteroatoms. The summed E-state index contributed by atoms with van der Waals surface area (Å²) in [6.07, 6.45) is 8.99. The largest absolute Gasteiger partial charge is 0.472 e. The van der Waals surface area contributed by atoms with Crippen molar-refractivity contribution in [1.82, 2.24) is 5.32 Å². The maximum absolute atomic E-state index is 5.71. The number of hydrogen-bond donors (Lipinski definition) is 2. The minimum Gasteiger partial charge on any atom is -0.472 e.